The Morgan fingerprint density at radius 3 is 2.67 bits per heavy atom. The summed E-state index contributed by atoms with van der Waals surface area (Å²) in [6, 6.07) is 3.33. The fraction of sp³-hybridized carbons (Fsp3) is 0.300. The van der Waals surface area contributed by atoms with E-state index in [2.05, 4.69) is 15.9 Å². The first-order valence-electron chi connectivity index (χ1n) is 4.39. The number of carboxylic acids is 1. The van der Waals surface area contributed by atoms with Gasteiger partial charge in [-0.05, 0) is 34.0 Å². The molecular formula is C10H12BrNO3. The van der Waals surface area contributed by atoms with Crippen LogP contribution in [0.3, 0.4) is 0 Å². The number of aliphatic carboxylic acids is 1. The zero-order valence-corrected chi connectivity index (χ0v) is 9.78. The van der Waals surface area contributed by atoms with Gasteiger partial charge in [-0.15, -0.1) is 0 Å². The highest BCUT2D eigenvalue weighted by Crippen LogP contribution is 2.34. The van der Waals surface area contributed by atoms with Crippen LogP contribution in [0.25, 0.3) is 0 Å². The molecule has 0 fully saturated rings. The average molecular weight is 274 g/mol. The summed E-state index contributed by atoms with van der Waals surface area (Å²) >= 11 is 3.17. The standard InChI is InChI=1S/C10H12BrNO3/c1-5-2-3-6(8(11)9(5)13)7(4-12)10(14)15/h2-3,7,13H,4,12H2,1H3,(H,14,15). The van der Waals surface area contributed by atoms with Crippen LogP contribution in [0, 0.1) is 6.92 Å². The number of rotatable bonds is 3. The fourth-order valence-electron chi connectivity index (χ4n) is 1.31. The van der Waals surface area contributed by atoms with Crippen LogP contribution < -0.4 is 5.73 Å². The summed E-state index contributed by atoms with van der Waals surface area (Å²) in [5.74, 6) is -1.74. The summed E-state index contributed by atoms with van der Waals surface area (Å²) in [7, 11) is 0. The van der Waals surface area contributed by atoms with Crippen molar-refractivity contribution in [1.29, 1.82) is 0 Å². The van der Waals surface area contributed by atoms with Crippen LogP contribution in [0.2, 0.25) is 0 Å². The number of carbonyl (C=O) groups is 1. The SMILES string of the molecule is Cc1ccc(C(CN)C(=O)O)c(Br)c1O. The summed E-state index contributed by atoms with van der Waals surface area (Å²) in [6.07, 6.45) is 0. The van der Waals surface area contributed by atoms with Crippen molar-refractivity contribution in [3.63, 3.8) is 0 Å². The van der Waals surface area contributed by atoms with E-state index in [0.717, 1.165) is 0 Å². The Morgan fingerprint density at radius 2 is 2.20 bits per heavy atom. The van der Waals surface area contributed by atoms with Crippen LogP contribution in [0.5, 0.6) is 5.75 Å². The zero-order valence-electron chi connectivity index (χ0n) is 8.20. The second-order valence-electron chi connectivity index (χ2n) is 3.26. The number of halogens is 1. The van der Waals surface area contributed by atoms with Gasteiger partial charge in [-0.2, -0.15) is 0 Å². The summed E-state index contributed by atoms with van der Waals surface area (Å²) in [5.41, 5.74) is 6.56. The first-order chi connectivity index (χ1) is 6.99. The molecule has 15 heavy (non-hydrogen) atoms. The number of phenols is 1. The molecule has 0 saturated heterocycles. The van der Waals surface area contributed by atoms with Gasteiger partial charge in [-0.25, -0.2) is 0 Å². The van der Waals surface area contributed by atoms with Crippen molar-refractivity contribution in [3.8, 4) is 5.75 Å². The molecule has 1 atom stereocenters. The number of aromatic hydroxyl groups is 1. The predicted molar refractivity (Wildman–Crippen MR) is 60.0 cm³/mol. The predicted octanol–water partition coefficient (Wildman–Crippen LogP) is 1.59. The monoisotopic (exact) mass is 273 g/mol. The van der Waals surface area contributed by atoms with Crippen molar-refractivity contribution in [2.24, 2.45) is 5.73 Å². The van der Waals surface area contributed by atoms with Crippen molar-refractivity contribution in [1.82, 2.24) is 0 Å². The minimum absolute atomic E-state index is 0.00354. The summed E-state index contributed by atoms with van der Waals surface area (Å²) in [6.45, 7) is 1.73. The fourth-order valence-corrected chi connectivity index (χ4v) is 2.03. The van der Waals surface area contributed by atoms with Gasteiger partial charge in [0, 0.05) is 6.54 Å². The van der Waals surface area contributed by atoms with Gasteiger partial charge in [-0.1, -0.05) is 12.1 Å². The molecule has 82 valence electrons. The van der Waals surface area contributed by atoms with Gasteiger partial charge >= 0.3 is 5.97 Å². The Bertz CT molecular complexity index is 392. The van der Waals surface area contributed by atoms with Crippen LogP contribution >= 0.6 is 15.9 Å². The van der Waals surface area contributed by atoms with Crippen molar-refractivity contribution < 1.29 is 15.0 Å². The van der Waals surface area contributed by atoms with E-state index in [0.29, 0.717) is 15.6 Å². The third-order valence-electron chi connectivity index (χ3n) is 2.26. The number of nitrogens with two attached hydrogens (primary N) is 1. The molecule has 5 heteroatoms. The quantitative estimate of drug-likeness (QED) is 0.781. The molecule has 0 spiro atoms. The Balaban J connectivity index is 3.25. The van der Waals surface area contributed by atoms with Crippen molar-refractivity contribution in [2.75, 3.05) is 6.54 Å². The number of aryl methyl sites for hydroxylation is 1. The zero-order chi connectivity index (χ0) is 11.6. The molecule has 1 aromatic rings. The molecule has 1 unspecified atom stereocenters. The molecule has 0 radical (unpaired) electrons. The average Bonchev–Trinajstić information content (AvgIpc) is 2.18. The Labute approximate surface area is 95.8 Å². The summed E-state index contributed by atoms with van der Waals surface area (Å²) in [4.78, 5) is 10.9. The van der Waals surface area contributed by atoms with E-state index in [9.17, 15) is 9.90 Å². The minimum Gasteiger partial charge on any atom is -0.506 e. The van der Waals surface area contributed by atoms with Gasteiger partial charge in [0.05, 0.1) is 10.4 Å². The second kappa shape index (κ2) is 4.63. The van der Waals surface area contributed by atoms with Gasteiger partial charge in [-0.3, -0.25) is 4.79 Å². The highest BCUT2D eigenvalue weighted by Gasteiger charge is 2.22. The minimum atomic E-state index is -0.999. The molecule has 0 aliphatic carbocycles. The normalized spacial score (nSPS) is 12.5. The maximum absolute atomic E-state index is 10.9. The molecule has 0 aromatic heterocycles. The van der Waals surface area contributed by atoms with Crippen LogP contribution in [0.1, 0.15) is 17.0 Å². The number of hydrogen-bond donors (Lipinski definition) is 3. The topological polar surface area (TPSA) is 83.6 Å². The van der Waals surface area contributed by atoms with E-state index in [1.165, 1.54) is 0 Å². The van der Waals surface area contributed by atoms with E-state index < -0.39 is 11.9 Å². The molecule has 0 bridgehead atoms. The molecule has 4 nitrogen and oxygen atoms in total. The first kappa shape index (κ1) is 12.0. The molecular weight excluding hydrogens is 262 g/mol. The smallest absolute Gasteiger partial charge is 0.312 e. The van der Waals surface area contributed by atoms with Crippen molar-refractivity contribution in [3.05, 3.63) is 27.7 Å². The number of carboxylic acid groups (broad SMARTS) is 1. The van der Waals surface area contributed by atoms with E-state index in [4.69, 9.17) is 10.8 Å². The lowest BCUT2D eigenvalue weighted by Gasteiger charge is -2.14. The number of phenolic OH excluding ortho intramolecular Hbond substituents is 1. The van der Waals surface area contributed by atoms with Gasteiger partial charge in [0.25, 0.3) is 0 Å². The third kappa shape index (κ3) is 2.30. The third-order valence-corrected chi connectivity index (χ3v) is 3.09. The molecule has 0 aliphatic rings. The van der Waals surface area contributed by atoms with E-state index in [1.54, 1.807) is 19.1 Å². The largest absolute Gasteiger partial charge is 0.506 e. The molecule has 0 heterocycles. The van der Waals surface area contributed by atoms with Crippen LogP contribution in [-0.4, -0.2) is 22.7 Å². The molecule has 0 aliphatic heterocycles. The van der Waals surface area contributed by atoms with E-state index in [1.807, 2.05) is 0 Å². The van der Waals surface area contributed by atoms with Crippen molar-refractivity contribution in [2.45, 2.75) is 12.8 Å². The molecule has 1 rings (SSSR count). The van der Waals surface area contributed by atoms with Gasteiger partial charge in [0.15, 0.2) is 0 Å². The Kier molecular flexibility index (Phi) is 3.71. The van der Waals surface area contributed by atoms with E-state index in [-0.39, 0.29) is 12.3 Å². The van der Waals surface area contributed by atoms with Crippen LogP contribution in [-0.2, 0) is 4.79 Å². The molecule has 4 N–H and O–H groups in total. The van der Waals surface area contributed by atoms with Crippen LogP contribution in [0.4, 0.5) is 0 Å². The lowest BCUT2D eigenvalue weighted by atomic mass is 9.98. The molecule has 1 aromatic carbocycles. The molecule has 0 saturated carbocycles. The second-order valence-corrected chi connectivity index (χ2v) is 4.05. The summed E-state index contributed by atoms with van der Waals surface area (Å²) in [5, 5.41) is 18.6. The maximum Gasteiger partial charge on any atom is 0.312 e. The van der Waals surface area contributed by atoms with Gasteiger partial charge in [0.1, 0.15) is 5.75 Å². The Hall–Kier alpha value is -1.07. The summed E-state index contributed by atoms with van der Waals surface area (Å²) < 4.78 is 0.403. The first-order valence-corrected chi connectivity index (χ1v) is 5.19. The van der Waals surface area contributed by atoms with Gasteiger partial charge < -0.3 is 15.9 Å². The highest BCUT2D eigenvalue weighted by molar-refractivity contribution is 9.10. The Morgan fingerprint density at radius 1 is 1.60 bits per heavy atom. The lowest BCUT2D eigenvalue weighted by molar-refractivity contribution is -0.138. The lowest BCUT2D eigenvalue weighted by Crippen LogP contribution is -2.21. The number of hydrogen-bond acceptors (Lipinski definition) is 3. The van der Waals surface area contributed by atoms with Crippen LogP contribution in [0.15, 0.2) is 16.6 Å². The van der Waals surface area contributed by atoms with E-state index >= 15 is 0 Å². The number of benzene rings is 1. The van der Waals surface area contributed by atoms with Gasteiger partial charge in [0.2, 0.25) is 0 Å². The molecule has 0 amide bonds. The maximum atomic E-state index is 10.9. The van der Waals surface area contributed by atoms with Crippen molar-refractivity contribution >= 4 is 21.9 Å². The highest BCUT2D eigenvalue weighted by atomic mass is 79.9.